The summed E-state index contributed by atoms with van der Waals surface area (Å²) in [5, 5.41) is 0. The van der Waals surface area contributed by atoms with E-state index in [1.807, 2.05) is 6.92 Å². The fourth-order valence-corrected chi connectivity index (χ4v) is 1.45. The molecule has 0 saturated carbocycles. The molecule has 2 heteroatoms. The zero-order chi connectivity index (χ0) is 10.6. The third-order valence-electron chi connectivity index (χ3n) is 2.23. The molecule has 0 heterocycles. The molecule has 0 fully saturated rings. The fourth-order valence-electron chi connectivity index (χ4n) is 1.45. The monoisotopic (exact) mass is 191 g/mol. The lowest BCUT2D eigenvalue weighted by Gasteiger charge is -2.13. The maximum Gasteiger partial charge on any atom is 0.123 e. The highest BCUT2D eigenvalue weighted by Crippen LogP contribution is 2.20. The summed E-state index contributed by atoms with van der Waals surface area (Å²) in [6, 6.07) is 4.56. The molecule has 1 nitrogen and oxygen atoms in total. The maximum absolute atomic E-state index is 12.8. The van der Waals surface area contributed by atoms with Crippen molar-refractivity contribution in [2.45, 2.75) is 25.8 Å². The number of hydrogen-bond donors (Lipinski definition) is 1. The summed E-state index contributed by atoms with van der Waals surface area (Å²) in [4.78, 5) is 0. The molecule has 0 radical (unpaired) electrons. The number of halogens is 1. The van der Waals surface area contributed by atoms with Crippen LogP contribution in [0.1, 0.15) is 30.0 Å². The van der Waals surface area contributed by atoms with Crippen LogP contribution in [0, 0.1) is 25.1 Å². The van der Waals surface area contributed by atoms with E-state index in [1.165, 1.54) is 12.1 Å². The number of rotatable bonds is 3. The predicted molar refractivity (Wildman–Crippen MR) is 56.1 cm³/mol. The van der Waals surface area contributed by atoms with E-state index in [0.717, 1.165) is 17.5 Å². The van der Waals surface area contributed by atoms with Gasteiger partial charge in [0, 0.05) is 12.5 Å². The smallest absolute Gasteiger partial charge is 0.123 e. The van der Waals surface area contributed by atoms with Gasteiger partial charge in [-0.25, -0.2) is 4.39 Å². The van der Waals surface area contributed by atoms with Gasteiger partial charge in [0.1, 0.15) is 5.82 Å². The van der Waals surface area contributed by atoms with Gasteiger partial charge in [0.2, 0.25) is 0 Å². The Morgan fingerprint density at radius 1 is 1.57 bits per heavy atom. The number of benzene rings is 1. The van der Waals surface area contributed by atoms with E-state index in [9.17, 15) is 4.39 Å². The third-order valence-corrected chi connectivity index (χ3v) is 2.23. The summed E-state index contributed by atoms with van der Waals surface area (Å²) >= 11 is 0. The standard InChI is InChI=1S/C12H14FN/c1-3-4-5-12(14)11-7-6-10(13)8-9(11)2/h1,6-8,12H,4-5,14H2,2H3. The van der Waals surface area contributed by atoms with Crippen LogP contribution >= 0.6 is 0 Å². The van der Waals surface area contributed by atoms with Gasteiger partial charge in [0.25, 0.3) is 0 Å². The normalized spacial score (nSPS) is 12.1. The second-order valence-corrected chi connectivity index (χ2v) is 3.35. The molecule has 1 rings (SSSR count). The van der Waals surface area contributed by atoms with E-state index in [-0.39, 0.29) is 11.9 Å². The molecule has 0 aliphatic rings. The van der Waals surface area contributed by atoms with Crippen molar-refractivity contribution in [1.82, 2.24) is 0 Å². The molecule has 0 aliphatic carbocycles. The van der Waals surface area contributed by atoms with E-state index in [4.69, 9.17) is 12.2 Å². The number of nitrogens with two attached hydrogens (primary N) is 1. The van der Waals surface area contributed by atoms with Crippen LogP contribution in [-0.2, 0) is 0 Å². The van der Waals surface area contributed by atoms with Gasteiger partial charge < -0.3 is 5.73 Å². The van der Waals surface area contributed by atoms with Gasteiger partial charge in [-0.05, 0) is 36.6 Å². The summed E-state index contributed by atoms with van der Waals surface area (Å²) in [5.74, 6) is 2.32. The largest absolute Gasteiger partial charge is 0.324 e. The molecule has 0 amide bonds. The molecular formula is C12H14FN. The van der Waals surface area contributed by atoms with Gasteiger partial charge >= 0.3 is 0 Å². The molecule has 1 aromatic rings. The Balaban J connectivity index is 2.80. The molecule has 0 aromatic heterocycles. The van der Waals surface area contributed by atoms with Crippen molar-refractivity contribution in [1.29, 1.82) is 0 Å². The van der Waals surface area contributed by atoms with Crippen molar-refractivity contribution in [2.75, 3.05) is 0 Å². The Kier molecular flexibility index (Phi) is 3.67. The summed E-state index contributed by atoms with van der Waals surface area (Å²) in [6.07, 6.45) is 6.54. The van der Waals surface area contributed by atoms with Crippen molar-refractivity contribution >= 4 is 0 Å². The Hall–Kier alpha value is -1.33. The summed E-state index contributed by atoms with van der Waals surface area (Å²) in [6.45, 7) is 1.86. The molecule has 0 saturated heterocycles. The lowest BCUT2D eigenvalue weighted by atomic mass is 9.98. The first kappa shape index (κ1) is 10.7. The van der Waals surface area contributed by atoms with Gasteiger partial charge in [-0.3, -0.25) is 0 Å². The van der Waals surface area contributed by atoms with E-state index < -0.39 is 0 Å². The highest BCUT2D eigenvalue weighted by Gasteiger charge is 2.08. The summed E-state index contributed by atoms with van der Waals surface area (Å²) < 4.78 is 12.8. The van der Waals surface area contributed by atoms with Crippen LogP contribution in [0.25, 0.3) is 0 Å². The fraction of sp³-hybridized carbons (Fsp3) is 0.333. The van der Waals surface area contributed by atoms with Gasteiger partial charge in [-0.15, -0.1) is 12.3 Å². The van der Waals surface area contributed by atoms with Gasteiger partial charge in [0.15, 0.2) is 0 Å². The lowest BCUT2D eigenvalue weighted by molar-refractivity contribution is 0.618. The van der Waals surface area contributed by atoms with Gasteiger partial charge in [0.05, 0.1) is 0 Å². The topological polar surface area (TPSA) is 26.0 Å². The number of terminal acetylenes is 1. The van der Waals surface area contributed by atoms with E-state index in [0.29, 0.717) is 6.42 Å². The van der Waals surface area contributed by atoms with Crippen LogP contribution in [0.2, 0.25) is 0 Å². The summed E-state index contributed by atoms with van der Waals surface area (Å²) in [7, 11) is 0. The average Bonchev–Trinajstić information content (AvgIpc) is 2.14. The highest BCUT2D eigenvalue weighted by atomic mass is 19.1. The van der Waals surface area contributed by atoms with Gasteiger partial charge in [-0.1, -0.05) is 6.07 Å². The molecule has 0 bridgehead atoms. The zero-order valence-corrected chi connectivity index (χ0v) is 8.26. The minimum absolute atomic E-state index is 0.0911. The molecule has 1 aromatic carbocycles. The third kappa shape index (κ3) is 2.58. The van der Waals surface area contributed by atoms with Crippen LogP contribution in [-0.4, -0.2) is 0 Å². The lowest BCUT2D eigenvalue weighted by Crippen LogP contribution is -2.11. The minimum atomic E-state index is -0.226. The molecule has 0 aliphatic heterocycles. The Bertz CT molecular complexity index is 352. The molecule has 1 atom stereocenters. The number of aryl methyl sites for hydroxylation is 1. The van der Waals surface area contributed by atoms with Crippen LogP contribution < -0.4 is 5.73 Å². The van der Waals surface area contributed by atoms with Crippen molar-refractivity contribution in [3.05, 3.63) is 35.1 Å². The zero-order valence-electron chi connectivity index (χ0n) is 8.26. The Morgan fingerprint density at radius 3 is 2.86 bits per heavy atom. The molecule has 74 valence electrons. The second kappa shape index (κ2) is 4.78. The summed E-state index contributed by atoms with van der Waals surface area (Å²) in [5.41, 5.74) is 7.77. The predicted octanol–water partition coefficient (Wildman–Crippen LogP) is 2.55. The Morgan fingerprint density at radius 2 is 2.29 bits per heavy atom. The van der Waals surface area contributed by atoms with Crippen LogP contribution in [0.15, 0.2) is 18.2 Å². The maximum atomic E-state index is 12.8. The molecule has 1 unspecified atom stereocenters. The van der Waals surface area contributed by atoms with Crippen molar-refractivity contribution in [3.8, 4) is 12.3 Å². The first-order valence-electron chi connectivity index (χ1n) is 4.60. The van der Waals surface area contributed by atoms with Crippen LogP contribution in [0.4, 0.5) is 4.39 Å². The number of hydrogen-bond acceptors (Lipinski definition) is 1. The van der Waals surface area contributed by atoms with Crippen LogP contribution in [0.3, 0.4) is 0 Å². The first-order chi connectivity index (χ1) is 6.65. The SMILES string of the molecule is C#CCCC(N)c1ccc(F)cc1C. The van der Waals surface area contributed by atoms with Gasteiger partial charge in [-0.2, -0.15) is 0 Å². The molecular weight excluding hydrogens is 177 g/mol. The first-order valence-corrected chi connectivity index (χ1v) is 4.60. The second-order valence-electron chi connectivity index (χ2n) is 3.35. The highest BCUT2D eigenvalue weighted by molar-refractivity contribution is 5.29. The average molecular weight is 191 g/mol. The molecule has 2 N–H and O–H groups in total. The minimum Gasteiger partial charge on any atom is -0.324 e. The molecule has 0 spiro atoms. The van der Waals surface area contributed by atoms with E-state index in [1.54, 1.807) is 6.07 Å². The van der Waals surface area contributed by atoms with Crippen molar-refractivity contribution < 1.29 is 4.39 Å². The quantitative estimate of drug-likeness (QED) is 0.730. The molecule has 14 heavy (non-hydrogen) atoms. The van der Waals surface area contributed by atoms with Crippen molar-refractivity contribution in [2.24, 2.45) is 5.73 Å². The van der Waals surface area contributed by atoms with Crippen molar-refractivity contribution in [3.63, 3.8) is 0 Å². The van der Waals surface area contributed by atoms with E-state index >= 15 is 0 Å². The Labute approximate surface area is 84.1 Å². The van der Waals surface area contributed by atoms with E-state index in [2.05, 4.69) is 5.92 Å². The van der Waals surface area contributed by atoms with Crippen LogP contribution in [0.5, 0.6) is 0 Å².